The highest BCUT2D eigenvalue weighted by Crippen LogP contribution is 2.33. The molecule has 0 bridgehead atoms. The van der Waals surface area contributed by atoms with Gasteiger partial charge in [0.15, 0.2) is 0 Å². The van der Waals surface area contributed by atoms with Gasteiger partial charge >= 0.3 is 6.03 Å². The monoisotopic (exact) mass is 821 g/mol. The van der Waals surface area contributed by atoms with Gasteiger partial charge < -0.3 is 45.9 Å². The van der Waals surface area contributed by atoms with E-state index in [2.05, 4.69) is 42.7 Å². The molecule has 15 nitrogen and oxygen atoms in total. The average molecular weight is 822 g/mol. The highest BCUT2D eigenvalue weighted by Gasteiger charge is 2.42. The molecule has 0 aromatic heterocycles. The molecule has 2 aliphatic heterocycles. The Morgan fingerprint density at radius 1 is 0.793 bits per heavy atom. The summed E-state index contributed by atoms with van der Waals surface area (Å²) in [5.41, 5.74) is 2.22. The maximum Gasteiger partial charge on any atom is 0.315 e. The SMILES string of the molecule is C#CCCCCC(=O)NCCc1ccc(O)c(N=Nc2ccc(C(=O)NCCCOCCOCCOCCCNC(=O)CCCCC3SCC4NC(=O)NC43)cc2)c1. The van der Waals surface area contributed by atoms with Crippen molar-refractivity contribution < 1.29 is 38.5 Å². The minimum atomic E-state index is -0.206. The molecule has 4 rings (SSSR count). The Labute approximate surface area is 346 Å². The van der Waals surface area contributed by atoms with Crippen molar-refractivity contribution >= 4 is 46.9 Å². The first-order valence-corrected chi connectivity index (χ1v) is 21.4. The van der Waals surface area contributed by atoms with Gasteiger partial charge in [0.1, 0.15) is 11.4 Å². The van der Waals surface area contributed by atoms with Gasteiger partial charge in [-0.1, -0.05) is 12.5 Å². The zero-order valence-corrected chi connectivity index (χ0v) is 34.1. The first-order chi connectivity index (χ1) is 28.3. The molecule has 0 radical (unpaired) electrons. The third kappa shape index (κ3) is 17.8. The Kier molecular flexibility index (Phi) is 21.5. The third-order valence-electron chi connectivity index (χ3n) is 9.52. The smallest absolute Gasteiger partial charge is 0.315 e. The predicted molar refractivity (Wildman–Crippen MR) is 224 cm³/mol. The van der Waals surface area contributed by atoms with Crippen LogP contribution in [0.4, 0.5) is 16.2 Å². The number of phenols is 1. The second kappa shape index (κ2) is 27.1. The van der Waals surface area contributed by atoms with E-state index in [-0.39, 0.29) is 41.6 Å². The van der Waals surface area contributed by atoms with Crippen molar-refractivity contribution in [3.8, 4) is 18.1 Å². The summed E-state index contributed by atoms with van der Waals surface area (Å²) in [5, 5.41) is 33.7. The standard InChI is InChI=1S/C42H59N7O8S/c1-2-3-4-5-11-39(52)44-22-19-31-13-18-36(50)34(29-31)49-48-33-16-14-32(15-17-33)41(53)45-21-9-24-56-26-28-57-27-25-55-23-8-20-43-38(51)12-7-6-10-37-40-35(30-58-37)46-42(54)47-40/h1,13-18,29,35,37,40,50H,3-12,19-28,30H2,(H,43,51)(H,44,52)(H,45,53)(H2,46,47,54). The fraction of sp³-hybridized carbons (Fsp3) is 0.571. The highest BCUT2D eigenvalue weighted by atomic mass is 32.2. The van der Waals surface area contributed by atoms with E-state index in [0.29, 0.717) is 114 Å². The Hall–Kier alpha value is -4.69. The summed E-state index contributed by atoms with van der Waals surface area (Å²) in [6, 6.07) is 12.1. The summed E-state index contributed by atoms with van der Waals surface area (Å²) in [4.78, 5) is 48.1. The van der Waals surface area contributed by atoms with Crippen molar-refractivity contribution in [2.75, 3.05) is 65.0 Å². The number of hydrogen-bond donors (Lipinski definition) is 6. The first-order valence-electron chi connectivity index (χ1n) is 20.3. The van der Waals surface area contributed by atoms with Crippen LogP contribution in [0.15, 0.2) is 52.7 Å². The molecule has 16 heteroatoms. The number of carbonyl (C=O) groups is 4. The first kappa shape index (κ1) is 46.0. The fourth-order valence-electron chi connectivity index (χ4n) is 6.33. The number of azo groups is 1. The largest absolute Gasteiger partial charge is 0.506 e. The average Bonchev–Trinajstić information content (AvgIpc) is 3.78. The molecule has 2 heterocycles. The number of thioether (sulfide) groups is 1. The molecule has 5 amide bonds. The maximum absolute atomic E-state index is 12.6. The molecular formula is C42H59N7O8S. The fourth-order valence-corrected chi connectivity index (χ4v) is 7.87. The van der Waals surface area contributed by atoms with E-state index < -0.39 is 0 Å². The Bertz CT molecular complexity index is 1650. The lowest BCUT2D eigenvalue weighted by Gasteiger charge is -2.16. The van der Waals surface area contributed by atoms with E-state index in [1.54, 1.807) is 42.5 Å². The number of carbonyl (C=O) groups excluding carboxylic acids is 4. The number of unbranched alkanes of at least 4 members (excludes halogenated alkanes) is 3. The summed E-state index contributed by atoms with van der Waals surface area (Å²) in [6.45, 7) is 4.36. The van der Waals surface area contributed by atoms with Gasteiger partial charge in [-0.2, -0.15) is 16.9 Å². The molecule has 2 aromatic carbocycles. The van der Waals surface area contributed by atoms with Crippen molar-refractivity contribution in [1.82, 2.24) is 26.6 Å². The quantitative estimate of drug-likeness (QED) is 0.0281. The van der Waals surface area contributed by atoms with Crippen molar-refractivity contribution in [2.45, 2.75) is 88.0 Å². The molecular weight excluding hydrogens is 763 g/mol. The van der Waals surface area contributed by atoms with Crippen LogP contribution < -0.4 is 26.6 Å². The summed E-state index contributed by atoms with van der Waals surface area (Å²) in [5.74, 6) is 3.36. The molecule has 58 heavy (non-hydrogen) atoms. The van der Waals surface area contributed by atoms with Crippen LogP contribution in [-0.4, -0.2) is 111 Å². The minimum absolute atomic E-state index is 0.00844. The van der Waals surface area contributed by atoms with Gasteiger partial charge in [0, 0.05) is 68.7 Å². The van der Waals surface area contributed by atoms with Crippen LogP contribution >= 0.6 is 11.8 Å². The normalized spacial score (nSPS) is 17.0. The van der Waals surface area contributed by atoms with E-state index in [0.717, 1.165) is 49.8 Å². The lowest BCUT2D eigenvalue weighted by Crippen LogP contribution is -2.36. The minimum Gasteiger partial charge on any atom is -0.506 e. The molecule has 3 atom stereocenters. The molecule has 2 saturated heterocycles. The number of terminal acetylenes is 1. The predicted octanol–water partition coefficient (Wildman–Crippen LogP) is 5.06. The second-order valence-electron chi connectivity index (χ2n) is 14.1. The van der Waals surface area contributed by atoms with Gasteiger partial charge in [-0.15, -0.1) is 17.5 Å². The maximum atomic E-state index is 12.6. The summed E-state index contributed by atoms with van der Waals surface area (Å²) < 4.78 is 16.7. The van der Waals surface area contributed by atoms with E-state index in [1.165, 1.54) is 0 Å². The molecule has 0 spiro atoms. The topological polar surface area (TPSA) is 201 Å². The molecule has 0 saturated carbocycles. The zero-order chi connectivity index (χ0) is 41.2. The lowest BCUT2D eigenvalue weighted by atomic mass is 10.0. The number of benzene rings is 2. The van der Waals surface area contributed by atoms with Gasteiger partial charge in [0.2, 0.25) is 11.8 Å². The zero-order valence-electron chi connectivity index (χ0n) is 33.3. The summed E-state index contributed by atoms with van der Waals surface area (Å²) in [7, 11) is 0. The van der Waals surface area contributed by atoms with Crippen molar-refractivity contribution in [3.05, 3.63) is 53.6 Å². The number of nitrogens with one attached hydrogen (secondary N) is 5. The van der Waals surface area contributed by atoms with Crippen LogP contribution in [-0.2, 0) is 30.2 Å². The number of hydrogen-bond acceptors (Lipinski definition) is 11. The van der Waals surface area contributed by atoms with Gasteiger partial charge in [0.25, 0.3) is 5.91 Å². The van der Waals surface area contributed by atoms with Crippen LogP contribution in [0.2, 0.25) is 0 Å². The van der Waals surface area contributed by atoms with Crippen molar-refractivity contribution in [1.29, 1.82) is 0 Å². The molecule has 316 valence electrons. The van der Waals surface area contributed by atoms with E-state index in [9.17, 15) is 24.3 Å². The molecule has 3 unspecified atom stereocenters. The Morgan fingerprint density at radius 2 is 1.45 bits per heavy atom. The number of ether oxygens (including phenoxy) is 3. The van der Waals surface area contributed by atoms with Crippen molar-refractivity contribution in [3.63, 3.8) is 0 Å². The van der Waals surface area contributed by atoms with Gasteiger partial charge in [-0.25, -0.2) is 4.79 Å². The molecule has 6 N–H and O–H groups in total. The van der Waals surface area contributed by atoms with Gasteiger partial charge in [0.05, 0.1) is 44.2 Å². The molecule has 0 aliphatic carbocycles. The lowest BCUT2D eigenvalue weighted by molar-refractivity contribution is -0.122. The molecule has 2 aromatic rings. The van der Waals surface area contributed by atoms with E-state index in [4.69, 9.17) is 20.6 Å². The van der Waals surface area contributed by atoms with Crippen LogP contribution in [0.5, 0.6) is 5.75 Å². The number of amides is 5. The van der Waals surface area contributed by atoms with Crippen LogP contribution in [0.25, 0.3) is 0 Å². The highest BCUT2D eigenvalue weighted by molar-refractivity contribution is 8.00. The van der Waals surface area contributed by atoms with Gasteiger partial charge in [-0.05, 0) is 86.9 Å². The van der Waals surface area contributed by atoms with Gasteiger partial charge in [-0.3, -0.25) is 14.4 Å². The third-order valence-corrected chi connectivity index (χ3v) is 11.0. The number of aromatic hydroxyl groups is 1. The van der Waals surface area contributed by atoms with Crippen molar-refractivity contribution in [2.24, 2.45) is 10.2 Å². The van der Waals surface area contributed by atoms with Crippen LogP contribution in [0.1, 0.15) is 80.1 Å². The number of urea groups is 1. The van der Waals surface area contributed by atoms with E-state index >= 15 is 0 Å². The molecule has 2 fully saturated rings. The number of rotatable bonds is 29. The van der Waals surface area contributed by atoms with E-state index in [1.807, 2.05) is 11.8 Å². The van der Waals surface area contributed by atoms with Crippen LogP contribution in [0.3, 0.4) is 0 Å². The second-order valence-corrected chi connectivity index (χ2v) is 15.4. The Balaban J connectivity index is 0.932. The summed E-state index contributed by atoms with van der Waals surface area (Å²) >= 11 is 1.90. The number of nitrogens with zero attached hydrogens (tertiary/aromatic N) is 2. The summed E-state index contributed by atoms with van der Waals surface area (Å²) in [6.07, 6.45) is 13.3. The number of phenolic OH excluding ortho intramolecular Hbond substituents is 1. The van der Waals surface area contributed by atoms with Crippen LogP contribution in [0, 0.1) is 12.3 Å². The Morgan fingerprint density at radius 3 is 2.16 bits per heavy atom. The number of fused-ring (bicyclic) bond motifs is 1. The molecule has 2 aliphatic rings.